The summed E-state index contributed by atoms with van der Waals surface area (Å²) in [6, 6.07) is 9.11. The van der Waals surface area contributed by atoms with E-state index in [1.165, 1.54) is 95.9 Å². The zero-order chi connectivity index (χ0) is 27.1. The van der Waals surface area contributed by atoms with Crippen LogP contribution in [0.3, 0.4) is 0 Å². The average Bonchev–Trinajstić information content (AvgIpc) is 3.13. The molecule has 0 saturated carbocycles. The molecule has 2 aromatic rings. The molecule has 0 N–H and O–H groups in total. The maximum atomic E-state index is 11.9. The van der Waals surface area contributed by atoms with Gasteiger partial charge in [0.1, 0.15) is 0 Å². The van der Waals surface area contributed by atoms with Gasteiger partial charge in [-0.15, -0.1) is 0 Å². The quantitative estimate of drug-likeness (QED) is 0.194. The first-order valence-electron chi connectivity index (χ1n) is 14.8. The predicted molar refractivity (Wildman–Crippen MR) is 161 cm³/mol. The van der Waals surface area contributed by atoms with E-state index in [2.05, 4.69) is 79.7 Å². The molecule has 2 aromatic carbocycles. The number of nitrogens with zero attached hydrogens (tertiary/aromatic N) is 2. The van der Waals surface area contributed by atoms with Crippen molar-refractivity contribution in [2.24, 2.45) is 0 Å². The molecule has 1 aliphatic rings. The molecule has 0 radical (unpaired) electrons. The fourth-order valence-electron chi connectivity index (χ4n) is 5.76. The number of benzene rings is 2. The summed E-state index contributed by atoms with van der Waals surface area (Å²) in [4.78, 5) is 0. The Labute approximate surface area is 227 Å². The molecule has 1 aliphatic heterocycles. The van der Waals surface area contributed by atoms with Crippen LogP contribution >= 0.6 is 0 Å². The van der Waals surface area contributed by atoms with Gasteiger partial charge in [0.15, 0.2) is 0 Å². The fourth-order valence-corrected chi connectivity index (χ4v) is 5.76. The Hall–Kier alpha value is -2.48. The summed E-state index contributed by atoms with van der Waals surface area (Å²) in [7, 11) is 0. The van der Waals surface area contributed by atoms with Crippen LogP contribution in [0.1, 0.15) is 129 Å². The maximum absolute atomic E-state index is 11.9. The molecule has 2 nitrogen and oxygen atoms in total. The molecule has 37 heavy (non-hydrogen) atoms. The monoisotopic (exact) mass is 498 g/mol. The molecule has 0 saturated heterocycles. The van der Waals surface area contributed by atoms with E-state index in [4.69, 9.17) is 0 Å². The van der Waals surface area contributed by atoms with Crippen molar-refractivity contribution in [2.45, 2.75) is 126 Å². The third-order valence-electron chi connectivity index (χ3n) is 8.57. The molecular weight excluding hydrogens is 448 g/mol. The molecule has 0 aromatic heterocycles. The second-order valence-corrected chi connectivity index (χ2v) is 11.4. The molecule has 0 amide bonds. The van der Waals surface area contributed by atoms with Gasteiger partial charge < -0.3 is 5.53 Å². The van der Waals surface area contributed by atoms with Crippen LogP contribution in [0.2, 0.25) is 0 Å². The van der Waals surface area contributed by atoms with Gasteiger partial charge in [-0.2, -0.15) is 0 Å². The number of rotatable bonds is 13. The van der Waals surface area contributed by atoms with Gasteiger partial charge in [0.05, 0.1) is 0 Å². The highest BCUT2D eigenvalue weighted by molar-refractivity contribution is 5.82. The molecule has 0 spiro atoms. The normalized spacial score (nSPS) is 13.9. The number of allylic oxidation sites excluding steroid dienone is 2. The van der Waals surface area contributed by atoms with Crippen molar-refractivity contribution < 1.29 is 4.70 Å². The topological polar surface area (TPSA) is 25.3 Å². The minimum absolute atomic E-state index is 1.01. The Bertz CT molecular complexity index is 1150. The number of aryl methyl sites for hydroxylation is 4. The Morgan fingerprint density at radius 1 is 0.514 bits per heavy atom. The van der Waals surface area contributed by atoms with Gasteiger partial charge in [0, 0.05) is 22.3 Å². The highest BCUT2D eigenvalue weighted by atomic mass is 15.2. The van der Waals surface area contributed by atoms with E-state index in [0.717, 1.165) is 41.8 Å². The fraction of sp³-hybridized carbons (Fsp3) is 0.543. The van der Waals surface area contributed by atoms with Gasteiger partial charge in [-0.05, 0) is 125 Å². The van der Waals surface area contributed by atoms with Crippen molar-refractivity contribution in [3.05, 3.63) is 85.5 Å². The van der Waals surface area contributed by atoms with Crippen molar-refractivity contribution in [3.63, 3.8) is 0 Å². The van der Waals surface area contributed by atoms with Crippen LogP contribution in [0.15, 0.2) is 35.4 Å². The average molecular weight is 499 g/mol. The van der Waals surface area contributed by atoms with Gasteiger partial charge in [0.2, 0.25) is 11.4 Å². The zero-order valence-electron chi connectivity index (χ0n) is 25.0. The van der Waals surface area contributed by atoms with Crippen LogP contribution in [0.4, 0.5) is 0 Å². The van der Waals surface area contributed by atoms with Crippen molar-refractivity contribution >= 4 is 11.4 Å². The Morgan fingerprint density at radius 3 is 1.24 bits per heavy atom. The van der Waals surface area contributed by atoms with Crippen LogP contribution < -0.4 is 0 Å². The zero-order valence-corrected chi connectivity index (χ0v) is 25.0. The summed E-state index contributed by atoms with van der Waals surface area (Å²) < 4.78 is 1.56. The molecule has 0 atom stereocenters. The minimum atomic E-state index is 1.01. The van der Waals surface area contributed by atoms with Crippen LogP contribution in [0, 0.1) is 41.5 Å². The SMILES string of the molecule is CCCCCCCCC1=C(c2cc(C)c(C)c(C)c2)[N+](=[N-])C(c2cc(C)c(C)c(C)c2)=C1CCCCC. The third-order valence-corrected chi connectivity index (χ3v) is 8.57. The smallest absolute Gasteiger partial charge is 0.211 e. The largest absolute Gasteiger partial charge is 0.493 e. The number of hydrogen-bond acceptors (Lipinski definition) is 0. The van der Waals surface area contributed by atoms with Gasteiger partial charge in [0.25, 0.3) is 0 Å². The summed E-state index contributed by atoms with van der Waals surface area (Å²) in [5.74, 6) is 0. The van der Waals surface area contributed by atoms with E-state index in [-0.39, 0.29) is 0 Å². The van der Waals surface area contributed by atoms with Gasteiger partial charge in [-0.3, -0.25) is 0 Å². The third kappa shape index (κ3) is 6.70. The van der Waals surface area contributed by atoms with Gasteiger partial charge in [-0.1, -0.05) is 58.8 Å². The first-order chi connectivity index (χ1) is 17.7. The summed E-state index contributed by atoms with van der Waals surface area (Å²) in [6.45, 7) is 17.7. The lowest BCUT2D eigenvalue weighted by atomic mass is 9.90. The van der Waals surface area contributed by atoms with Gasteiger partial charge in [-0.25, -0.2) is 4.70 Å². The van der Waals surface area contributed by atoms with Crippen LogP contribution in [0.5, 0.6) is 0 Å². The highest BCUT2D eigenvalue weighted by Crippen LogP contribution is 2.45. The Morgan fingerprint density at radius 2 is 0.838 bits per heavy atom. The van der Waals surface area contributed by atoms with Crippen molar-refractivity contribution in [1.29, 1.82) is 0 Å². The van der Waals surface area contributed by atoms with Crippen LogP contribution in [0.25, 0.3) is 16.9 Å². The minimum Gasteiger partial charge on any atom is -0.493 e. The molecule has 2 heteroatoms. The number of unbranched alkanes of at least 4 members (excludes halogenated alkanes) is 7. The molecule has 1 heterocycles. The summed E-state index contributed by atoms with van der Waals surface area (Å²) in [5.41, 5.74) is 26.8. The van der Waals surface area contributed by atoms with Crippen molar-refractivity contribution in [1.82, 2.24) is 0 Å². The highest BCUT2D eigenvalue weighted by Gasteiger charge is 2.35. The van der Waals surface area contributed by atoms with E-state index >= 15 is 0 Å². The molecular formula is C35H50N2. The second-order valence-electron chi connectivity index (χ2n) is 11.4. The van der Waals surface area contributed by atoms with Crippen molar-refractivity contribution in [2.75, 3.05) is 0 Å². The molecule has 200 valence electrons. The van der Waals surface area contributed by atoms with Gasteiger partial charge >= 0.3 is 0 Å². The molecule has 0 unspecified atom stereocenters. The maximum Gasteiger partial charge on any atom is 0.211 e. The van der Waals surface area contributed by atoms with E-state index in [9.17, 15) is 5.53 Å². The predicted octanol–water partition coefficient (Wildman–Crippen LogP) is 11.0. The Kier molecular flexibility index (Phi) is 10.5. The van der Waals surface area contributed by atoms with Crippen LogP contribution in [-0.4, -0.2) is 4.70 Å². The summed E-state index contributed by atoms with van der Waals surface area (Å²) >= 11 is 0. The van der Waals surface area contributed by atoms with Crippen LogP contribution in [-0.2, 0) is 0 Å². The summed E-state index contributed by atoms with van der Waals surface area (Å²) in [6.07, 6.45) is 13.3. The van der Waals surface area contributed by atoms with E-state index < -0.39 is 0 Å². The lowest BCUT2D eigenvalue weighted by molar-refractivity contribution is -0.345. The first kappa shape index (κ1) is 29.1. The van der Waals surface area contributed by atoms with E-state index in [1.54, 1.807) is 4.70 Å². The standard InChI is InChI=1S/C35H50N2/c1-9-11-13-14-15-17-19-33-32(18-16-12-10-2)34(30-20-24(3)28(7)25(4)21-30)37(36)35(33)31-22-26(5)29(8)27(6)23-31/h20-23H,9-19H2,1-8H3. The summed E-state index contributed by atoms with van der Waals surface area (Å²) in [5, 5.41) is 0. The Balaban J connectivity index is 2.14. The molecule has 3 rings (SSSR count). The second kappa shape index (κ2) is 13.4. The van der Waals surface area contributed by atoms with E-state index in [1.807, 2.05) is 0 Å². The lowest BCUT2D eigenvalue weighted by Crippen LogP contribution is -2.05. The molecule has 0 bridgehead atoms. The number of hydrogen-bond donors (Lipinski definition) is 0. The molecule has 0 aliphatic carbocycles. The first-order valence-corrected chi connectivity index (χ1v) is 14.8. The van der Waals surface area contributed by atoms with Crippen molar-refractivity contribution in [3.8, 4) is 0 Å². The lowest BCUT2D eigenvalue weighted by Gasteiger charge is -2.14. The molecule has 0 fully saturated rings. The van der Waals surface area contributed by atoms with E-state index in [0.29, 0.717) is 0 Å².